The maximum Gasteiger partial charge on any atom is 0.0177 e. The summed E-state index contributed by atoms with van der Waals surface area (Å²) in [6.07, 6.45) is 4.00. The molecule has 0 heterocycles. The molecule has 1 fully saturated rings. The smallest absolute Gasteiger partial charge is 0.0177 e. The van der Waals surface area contributed by atoms with Gasteiger partial charge in [-0.05, 0) is 30.2 Å². The third-order valence-corrected chi connectivity index (χ3v) is 4.11. The maximum atomic E-state index is 3.72. The number of benzene rings is 1. The molecule has 1 atom stereocenters. The molecule has 1 heteroatoms. The second kappa shape index (κ2) is 3.45. The molecule has 1 aliphatic rings. The van der Waals surface area contributed by atoms with Crippen LogP contribution in [0, 0.1) is 5.41 Å². The maximum absolute atomic E-state index is 3.72. The van der Waals surface area contributed by atoms with Crippen molar-refractivity contribution in [2.75, 3.05) is 0 Å². The van der Waals surface area contributed by atoms with E-state index in [2.05, 4.69) is 53.2 Å². The van der Waals surface area contributed by atoms with Crippen molar-refractivity contribution >= 4 is 15.9 Å². The fourth-order valence-electron chi connectivity index (χ4n) is 1.88. The molecule has 0 bridgehead atoms. The summed E-state index contributed by atoms with van der Waals surface area (Å²) < 4.78 is 0. The van der Waals surface area contributed by atoms with E-state index in [1.165, 1.54) is 24.8 Å². The first kappa shape index (κ1) is 9.26. The quantitative estimate of drug-likeness (QED) is 0.704. The van der Waals surface area contributed by atoms with Crippen molar-refractivity contribution in [1.82, 2.24) is 0 Å². The zero-order valence-corrected chi connectivity index (χ0v) is 9.55. The molecule has 1 saturated carbocycles. The van der Waals surface area contributed by atoms with E-state index in [0.717, 1.165) is 0 Å². The van der Waals surface area contributed by atoms with Gasteiger partial charge in [-0.3, -0.25) is 0 Å². The van der Waals surface area contributed by atoms with Crippen LogP contribution < -0.4 is 0 Å². The predicted molar refractivity (Wildman–Crippen MR) is 60.2 cm³/mol. The SMILES string of the molecule is CC(Br)C1(Cc2ccccc2)CC1. The van der Waals surface area contributed by atoms with Crippen LogP contribution >= 0.6 is 15.9 Å². The van der Waals surface area contributed by atoms with Crippen LogP contribution in [0.2, 0.25) is 0 Å². The Balaban J connectivity index is 2.07. The first-order chi connectivity index (χ1) is 6.23. The number of halogens is 1. The summed E-state index contributed by atoms with van der Waals surface area (Å²) in [4.78, 5) is 0.653. The minimum absolute atomic E-state index is 0.571. The van der Waals surface area contributed by atoms with Crippen LogP contribution in [0.25, 0.3) is 0 Å². The highest BCUT2D eigenvalue weighted by atomic mass is 79.9. The minimum atomic E-state index is 0.571. The van der Waals surface area contributed by atoms with Crippen LogP contribution in [0.15, 0.2) is 30.3 Å². The fraction of sp³-hybridized carbons (Fsp3) is 0.500. The standard InChI is InChI=1S/C12H15Br/c1-10(13)12(7-8-12)9-11-5-3-2-4-6-11/h2-6,10H,7-9H2,1H3. The van der Waals surface area contributed by atoms with Crippen molar-refractivity contribution in [3.05, 3.63) is 35.9 Å². The highest BCUT2D eigenvalue weighted by molar-refractivity contribution is 9.09. The van der Waals surface area contributed by atoms with Gasteiger partial charge in [0.2, 0.25) is 0 Å². The first-order valence-electron chi connectivity index (χ1n) is 4.91. The van der Waals surface area contributed by atoms with Gasteiger partial charge in [0.05, 0.1) is 0 Å². The first-order valence-corrected chi connectivity index (χ1v) is 5.82. The molecule has 0 spiro atoms. The monoisotopic (exact) mass is 238 g/mol. The summed E-state index contributed by atoms with van der Waals surface area (Å²) in [6.45, 7) is 2.27. The van der Waals surface area contributed by atoms with Crippen molar-refractivity contribution in [2.24, 2.45) is 5.41 Å². The Morgan fingerprint density at radius 1 is 1.31 bits per heavy atom. The number of rotatable bonds is 3. The molecule has 13 heavy (non-hydrogen) atoms. The van der Waals surface area contributed by atoms with Crippen molar-refractivity contribution in [3.63, 3.8) is 0 Å². The molecule has 1 unspecified atom stereocenters. The Labute approximate surface area is 88.5 Å². The van der Waals surface area contributed by atoms with Crippen molar-refractivity contribution in [3.8, 4) is 0 Å². The van der Waals surface area contributed by atoms with Gasteiger partial charge < -0.3 is 0 Å². The van der Waals surface area contributed by atoms with Gasteiger partial charge in [0.25, 0.3) is 0 Å². The zero-order chi connectivity index (χ0) is 9.31. The van der Waals surface area contributed by atoms with Crippen LogP contribution in [-0.2, 0) is 6.42 Å². The molecule has 70 valence electrons. The lowest BCUT2D eigenvalue weighted by molar-refractivity contribution is 0.509. The molecule has 0 N–H and O–H groups in total. The number of hydrogen-bond donors (Lipinski definition) is 0. The summed E-state index contributed by atoms with van der Waals surface area (Å²) in [5.74, 6) is 0. The van der Waals surface area contributed by atoms with Gasteiger partial charge in [0, 0.05) is 4.83 Å². The lowest BCUT2D eigenvalue weighted by Crippen LogP contribution is -2.14. The van der Waals surface area contributed by atoms with E-state index >= 15 is 0 Å². The Morgan fingerprint density at radius 3 is 2.38 bits per heavy atom. The summed E-state index contributed by atoms with van der Waals surface area (Å²) in [7, 11) is 0. The second-order valence-electron chi connectivity index (χ2n) is 4.14. The zero-order valence-electron chi connectivity index (χ0n) is 7.96. The van der Waals surface area contributed by atoms with E-state index in [0.29, 0.717) is 10.2 Å². The topological polar surface area (TPSA) is 0 Å². The molecular weight excluding hydrogens is 224 g/mol. The van der Waals surface area contributed by atoms with Gasteiger partial charge in [0.1, 0.15) is 0 Å². The van der Waals surface area contributed by atoms with Crippen LogP contribution in [0.5, 0.6) is 0 Å². The molecule has 1 aromatic carbocycles. The Bertz CT molecular complexity index is 272. The largest absolute Gasteiger partial charge is 0.0888 e. The fourth-order valence-corrected chi connectivity index (χ4v) is 2.50. The summed E-state index contributed by atoms with van der Waals surface area (Å²) in [5.41, 5.74) is 2.05. The van der Waals surface area contributed by atoms with Gasteiger partial charge in [0.15, 0.2) is 0 Å². The van der Waals surface area contributed by atoms with Crippen LogP contribution in [0.1, 0.15) is 25.3 Å². The minimum Gasteiger partial charge on any atom is -0.0888 e. The van der Waals surface area contributed by atoms with Crippen LogP contribution in [0.3, 0.4) is 0 Å². The van der Waals surface area contributed by atoms with Gasteiger partial charge in [-0.1, -0.05) is 53.2 Å². The molecule has 0 amide bonds. The Morgan fingerprint density at radius 2 is 1.92 bits per heavy atom. The lowest BCUT2D eigenvalue weighted by atomic mass is 9.94. The molecule has 0 saturated heterocycles. The van der Waals surface area contributed by atoms with E-state index in [9.17, 15) is 0 Å². The highest BCUT2D eigenvalue weighted by Crippen LogP contribution is 2.53. The Hall–Kier alpha value is -0.300. The third-order valence-electron chi connectivity index (χ3n) is 3.14. The van der Waals surface area contributed by atoms with E-state index in [4.69, 9.17) is 0 Å². The normalized spacial score (nSPS) is 21.1. The second-order valence-corrected chi connectivity index (χ2v) is 5.51. The van der Waals surface area contributed by atoms with E-state index in [1.54, 1.807) is 0 Å². The van der Waals surface area contributed by atoms with Gasteiger partial charge in [-0.25, -0.2) is 0 Å². The summed E-state index contributed by atoms with van der Waals surface area (Å²) in [5, 5.41) is 0. The molecule has 0 aromatic heterocycles. The van der Waals surface area contributed by atoms with Gasteiger partial charge >= 0.3 is 0 Å². The van der Waals surface area contributed by atoms with Gasteiger partial charge in [-0.2, -0.15) is 0 Å². The van der Waals surface area contributed by atoms with Gasteiger partial charge in [-0.15, -0.1) is 0 Å². The molecule has 0 aliphatic heterocycles. The van der Waals surface area contributed by atoms with Crippen molar-refractivity contribution in [1.29, 1.82) is 0 Å². The molecule has 2 rings (SSSR count). The van der Waals surface area contributed by atoms with E-state index in [1.807, 2.05) is 0 Å². The summed E-state index contributed by atoms with van der Waals surface area (Å²) in [6, 6.07) is 10.8. The molecule has 1 aliphatic carbocycles. The number of hydrogen-bond acceptors (Lipinski definition) is 0. The average Bonchev–Trinajstić information content (AvgIpc) is 2.87. The molecule has 0 radical (unpaired) electrons. The summed E-state index contributed by atoms with van der Waals surface area (Å²) >= 11 is 3.72. The predicted octanol–water partition coefficient (Wildman–Crippen LogP) is 3.79. The molecule has 1 aromatic rings. The highest BCUT2D eigenvalue weighted by Gasteiger charge is 2.45. The van der Waals surface area contributed by atoms with Crippen molar-refractivity contribution in [2.45, 2.75) is 31.0 Å². The Kier molecular flexibility index (Phi) is 2.46. The number of alkyl halides is 1. The lowest BCUT2D eigenvalue weighted by Gasteiger charge is -2.17. The molecule has 0 nitrogen and oxygen atoms in total. The average molecular weight is 239 g/mol. The molecular formula is C12H15Br. The van der Waals surface area contributed by atoms with E-state index < -0.39 is 0 Å². The van der Waals surface area contributed by atoms with E-state index in [-0.39, 0.29) is 0 Å². The van der Waals surface area contributed by atoms with Crippen LogP contribution in [-0.4, -0.2) is 4.83 Å². The third kappa shape index (κ3) is 1.96. The van der Waals surface area contributed by atoms with Crippen molar-refractivity contribution < 1.29 is 0 Å². The van der Waals surface area contributed by atoms with Crippen LogP contribution in [0.4, 0.5) is 0 Å².